The van der Waals surface area contributed by atoms with Crippen molar-refractivity contribution in [2.75, 3.05) is 6.54 Å². The second-order valence-electron chi connectivity index (χ2n) is 6.04. The fourth-order valence-electron chi connectivity index (χ4n) is 2.71. The van der Waals surface area contributed by atoms with Gasteiger partial charge in [-0.1, -0.05) is 20.8 Å². The Bertz CT molecular complexity index is 782. The SMILES string of the molecule is CCCc1nc2c(c(=O)n(CCN)c(=O)n2CC(C)C)n1C. The molecule has 2 aromatic rings. The van der Waals surface area contributed by atoms with Gasteiger partial charge in [-0.15, -0.1) is 0 Å². The van der Waals surface area contributed by atoms with Gasteiger partial charge in [-0.2, -0.15) is 0 Å². The van der Waals surface area contributed by atoms with E-state index < -0.39 is 0 Å². The molecule has 0 radical (unpaired) electrons. The predicted octanol–water partition coefficient (Wildman–Crippen LogP) is 0.464. The number of imidazole rings is 1. The van der Waals surface area contributed by atoms with Crippen molar-refractivity contribution < 1.29 is 0 Å². The summed E-state index contributed by atoms with van der Waals surface area (Å²) in [5, 5.41) is 0. The standard InChI is InChI=1S/C15H25N5O2/c1-5-6-11-17-13-12(18(11)4)14(21)19(8-7-16)15(22)20(13)9-10(2)3/h10H,5-9,16H2,1-4H3. The zero-order valence-electron chi connectivity index (χ0n) is 13.8. The van der Waals surface area contributed by atoms with Gasteiger partial charge in [0.2, 0.25) is 0 Å². The van der Waals surface area contributed by atoms with Crippen molar-refractivity contribution in [3.63, 3.8) is 0 Å². The van der Waals surface area contributed by atoms with Gasteiger partial charge in [-0.3, -0.25) is 13.9 Å². The van der Waals surface area contributed by atoms with Crippen molar-refractivity contribution in [1.29, 1.82) is 0 Å². The van der Waals surface area contributed by atoms with E-state index in [9.17, 15) is 9.59 Å². The molecule has 0 aliphatic rings. The summed E-state index contributed by atoms with van der Waals surface area (Å²) in [6.07, 6.45) is 1.71. The molecule has 2 N–H and O–H groups in total. The molecule has 2 rings (SSSR count). The van der Waals surface area contributed by atoms with Gasteiger partial charge >= 0.3 is 5.69 Å². The van der Waals surface area contributed by atoms with Crippen molar-refractivity contribution in [2.45, 2.75) is 46.7 Å². The molecule has 0 aliphatic carbocycles. The third-order valence-electron chi connectivity index (χ3n) is 3.71. The van der Waals surface area contributed by atoms with Crippen LogP contribution in [0.3, 0.4) is 0 Å². The van der Waals surface area contributed by atoms with E-state index in [0.29, 0.717) is 17.7 Å². The Morgan fingerprint density at radius 2 is 1.91 bits per heavy atom. The van der Waals surface area contributed by atoms with Gasteiger partial charge in [0.25, 0.3) is 5.56 Å². The molecule has 0 amide bonds. The van der Waals surface area contributed by atoms with Crippen LogP contribution < -0.4 is 17.0 Å². The van der Waals surface area contributed by atoms with Crippen molar-refractivity contribution in [2.24, 2.45) is 18.7 Å². The van der Waals surface area contributed by atoms with E-state index in [1.165, 1.54) is 4.57 Å². The average molecular weight is 307 g/mol. The van der Waals surface area contributed by atoms with Crippen LogP contribution in [0.2, 0.25) is 0 Å². The lowest BCUT2D eigenvalue weighted by Gasteiger charge is -2.12. The van der Waals surface area contributed by atoms with Gasteiger partial charge in [0.1, 0.15) is 5.82 Å². The number of hydrogen-bond acceptors (Lipinski definition) is 4. The largest absolute Gasteiger partial charge is 0.332 e. The predicted molar refractivity (Wildman–Crippen MR) is 87.1 cm³/mol. The average Bonchev–Trinajstić information content (AvgIpc) is 2.77. The third-order valence-corrected chi connectivity index (χ3v) is 3.71. The molecule has 0 unspecified atom stereocenters. The Hall–Kier alpha value is -1.89. The van der Waals surface area contributed by atoms with Crippen LogP contribution in [0.25, 0.3) is 11.2 Å². The highest BCUT2D eigenvalue weighted by molar-refractivity contribution is 5.71. The van der Waals surface area contributed by atoms with Crippen LogP contribution in [0.15, 0.2) is 9.59 Å². The first-order valence-corrected chi connectivity index (χ1v) is 7.81. The molecule has 0 aromatic carbocycles. The van der Waals surface area contributed by atoms with E-state index in [1.807, 2.05) is 25.5 Å². The smallest absolute Gasteiger partial charge is 0.329 e. The topological polar surface area (TPSA) is 87.8 Å². The van der Waals surface area contributed by atoms with E-state index in [2.05, 4.69) is 11.9 Å². The van der Waals surface area contributed by atoms with Crippen LogP contribution >= 0.6 is 0 Å². The lowest BCUT2D eigenvalue weighted by atomic mass is 10.2. The number of nitrogens with two attached hydrogens (primary N) is 1. The Kier molecular flexibility index (Phi) is 4.85. The monoisotopic (exact) mass is 307 g/mol. The Balaban J connectivity index is 2.87. The molecule has 122 valence electrons. The summed E-state index contributed by atoms with van der Waals surface area (Å²) >= 11 is 0. The maximum absolute atomic E-state index is 12.6. The van der Waals surface area contributed by atoms with E-state index in [0.717, 1.165) is 18.7 Å². The molecule has 2 heterocycles. The first-order valence-electron chi connectivity index (χ1n) is 7.81. The van der Waals surface area contributed by atoms with Crippen LogP contribution in [0.5, 0.6) is 0 Å². The number of nitrogens with zero attached hydrogens (tertiary/aromatic N) is 4. The molecule has 2 aromatic heterocycles. The molecule has 7 heteroatoms. The van der Waals surface area contributed by atoms with Gasteiger partial charge in [-0.05, 0) is 12.3 Å². The molecule has 22 heavy (non-hydrogen) atoms. The summed E-state index contributed by atoms with van der Waals surface area (Å²) in [5.74, 6) is 1.11. The zero-order valence-corrected chi connectivity index (χ0v) is 13.8. The fraction of sp³-hybridized carbons (Fsp3) is 0.667. The maximum Gasteiger partial charge on any atom is 0.332 e. The Morgan fingerprint density at radius 3 is 2.45 bits per heavy atom. The maximum atomic E-state index is 12.6. The zero-order chi connectivity index (χ0) is 16.4. The van der Waals surface area contributed by atoms with Crippen LogP contribution in [0.1, 0.15) is 33.0 Å². The first kappa shape index (κ1) is 16.5. The molecule has 0 bridgehead atoms. The number of fused-ring (bicyclic) bond motifs is 1. The third kappa shape index (κ3) is 2.72. The van der Waals surface area contributed by atoms with Crippen molar-refractivity contribution in [3.05, 3.63) is 26.7 Å². The normalized spacial score (nSPS) is 11.7. The quantitative estimate of drug-likeness (QED) is 0.840. The second kappa shape index (κ2) is 6.48. The molecule has 7 nitrogen and oxygen atoms in total. The number of aromatic nitrogens is 4. The molecular weight excluding hydrogens is 282 g/mol. The number of aryl methyl sites for hydroxylation is 2. The van der Waals surface area contributed by atoms with Gasteiger partial charge in [0.05, 0.1) is 0 Å². The second-order valence-corrected chi connectivity index (χ2v) is 6.04. The van der Waals surface area contributed by atoms with Crippen molar-refractivity contribution in [3.8, 4) is 0 Å². The number of hydrogen-bond donors (Lipinski definition) is 1. The summed E-state index contributed by atoms with van der Waals surface area (Å²) < 4.78 is 4.64. The molecule has 0 saturated heterocycles. The minimum atomic E-state index is -0.321. The lowest BCUT2D eigenvalue weighted by Crippen LogP contribution is -2.42. The minimum Gasteiger partial charge on any atom is -0.329 e. The lowest BCUT2D eigenvalue weighted by molar-refractivity contribution is 0.488. The first-order chi connectivity index (χ1) is 10.4. The summed E-state index contributed by atoms with van der Waals surface area (Å²) in [7, 11) is 1.83. The van der Waals surface area contributed by atoms with E-state index >= 15 is 0 Å². The molecular formula is C15H25N5O2. The molecule has 0 aliphatic heterocycles. The fourth-order valence-corrected chi connectivity index (χ4v) is 2.71. The minimum absolute atomic E-state index is 0.222. The Labute approximate surface area is 129 Å². The van der Waals surface area contributed by atoms with Gasteiger partial charge in [0.15, 0.2) is 11.2 Å². The highest BCUT2D eigenvalue weighted by Crippen LogP contribution is 2.12. The van der Waals surface area contributed by atoms with E-state index in [-0.39, 0.29) is 30.3 Å². The van der Waals surface area contributed by atoms with Gasteiger partial charge in [-0.25, -0.2) is 9.78 Å². The molecule has 0 saturated carbocycles. The van der Waals surface area contributed by atoms with Crippen molar-refractivity contribution >= 4 is 11.2 Å². The van der Waals surface area contributed by atoms with Crippen molar-refractivity contribution in [1.82, 2.24) is 18.7 Å². The molecule has 0 atom stereocenters. The van der Waals surface area contributed by atoms with E-state index in [4.69, 9.17) is 5.73 Å². The highest BCUT2D eigenvalue weighted by Gasteiger charge is 2.19. The summed E-state index contributed by atoms with van der Waals surface area (Å²) in [6, 6.07) is 0. The Morgan fingerprint density at radius 1 is 1.23 bits per heavy atom. The van der Waals surface area contributed by atoms with Gasteiger partial charge < -0.3 is 10.3 Å². The summed E-state index contributed by atoms with van der Waals surface area (Å²) in [5.41, 5.74) is 5.90. The van der Waals surface area contributed by atoms with E-state index in [1.54, 1.807) is 4.57 Å². The van der Waals surface area contributed by atoms with Crippen LogP contribution in [0.4, 0.5) is 0 Å². The van der Waals surface area contributed by atoms with Crippen LogP contribution in [-0.2, 0) is 26.6 Å². The summed E-state index contributed by atoms with van der Waals surface area (Å²) in [6.45, 7) is 7.14. The van der Waals surface area contributed by atoms with Gasteiger partial charge in [0, 0.05) is 33.1 Å². The highest BCUT2D eigenvalue weighted by atomic mass is 16.2. The van der Waals surface area contributed by atoms with Crippen LogP contribution in [-0.4, -0.2) is 25.2 Å². The van der Waals surface area contributed by atoms with Crippen LogP contribution in [0, 0.1) is 5.92 Å². The number of rotatable bonds is 6. The summed E-state index contributed by atoms with van der Waals surface area (Å²) in [4.78, 5) is 29.8. The molecule has 0 spiro atoms. The molecule has 0 fully saturated rings.